The van der Waals surface area contributed by atoms with Crippen LogP contribution in [0.2, 0.25) is 5.02 Å². The first-order chi connectivity index (χ1) is 7.43. The minimum atomic E-state index is -0.575. The van der Waals surface area contributed by atoms with E-state index in [1.54, 1.807) is 0 Å². The van der Waals surface area contributed by atoms with E-state index in [1.165, 1.54) is 25.2 Å². The van der Waals surface area contributed by atoms with Crippen molar-refractivity contribution in [3.63, 3.8) is 0 Å². The van der Waals surface area contributed by atoms with Crippen molar-refractivity contribution in [3.05, 3.63) is 29.0 Å². The molecule has 0 spiro atoms. The number of nitrogens with one attached hydrogen (secondary N) is 3. The molecule has 0 aromatic heterocycles. The first kappa shape index (κ1) is 12.3. The van der Waals surface area contributed by atoms with Crippen LogP contribution in [0.4, 0.5) is 10.1 Å². The van der Waals surface area contributed by atoms with E-state index in [2.05, 4.69) is 5.32 Å². The first-order valence-corrected chi connectivity index (χ1v) is 4.68. The zero-order valence-corrected chi connectivity index (χ0v) is 9.27. The summed E-state index contributed by atoms with van der Waals surface area (Å²) in [4.78, 5) is 1.04. The number of halogens is 2. The van der Waals surface area contributed by atoms with E-state index in [0.29, 0.717) is 0 Å². The standard InChI is InChI=1S/C9H11ClFN5/c1-16(8(12)13)9(14)15-7-5(10)3-2-4-6(7)11/h2-4H,1H3,(H3,12,13)(H2,14,15). The van der Waals surface area contributed by atoms with E-state index in [-0.39, 0.29) is 22.6 Å². The fourth-order valence-electron chi connectivity index (χ4n) is 0.940. The molecule has 16 heavy (non-hydrogen) atoms. The van der Waals surface area contributed by atoms with Crippen LogP contribution in [0, 0.1) is 16.6 Å². The molecule has 0 aliphatic heterocycles. The van der Waals surface area contributed by atoms with Crippen LogP contribution in [-0.2, 0) is 0 Å². The number of para-hydroxylation sites is 1. The Kier molecular flexibility index (Phi) is 3.68. The van der Waals surface area contributed by atoms with E-state index >= 15 is 0 Å². The van der Waals surface area contributed by atoms with E-state index < -0.39 is 5.82 Å². The second-order valence-electron chi connectivity index (χ2n) is 3.01. The van der Waals surface area contributed by atoms with Gasteiger partial charge in [0, 0.05) is 7.05 Å². The lowest BCUT2D eigenvalue weighted by Crippen LogP contribution is -2.41. The van der Waals surface area contributed by atoms with Gasteiger partial charge in [0.1, 0.15) is 5.82 Å². The number of hydrogen-bond donors (Lipinski definition) is 4. The van der Waals surface area contributed by atoms with Crippen molar-refractivity contribution in [2.24, 2.45) is 5.73 Å². The van der Waals surface area contributed by atoms with Crippen LogP contribution in [0.3, 0.4) is 0 Å². The number of rotatable bonds is 1. The van der Waals surface area contributed by atoms with Gasteiger partial charge in [-0.15, -0.1) is 0 Å². The molecule has 0 saturated carbocycles. The molecule has 1 rings (SSSR count). The van der Waals surface area contributed by atoms with Crippen LogP contribution < -0.4 is 11.1 Å². The van der Waals surface area contributed by atoms with Crippen LogP contribution in [0.1, 0.15) is 0 Å². The Balaban J connectivity index is 2.89. The molecule has 5 nitrogen and oxygen atoms in total. The summed E-state index contributed by atoms with van der Waals surface area (Å²) in [7, 11) is 1.41. The molecule has 0 unspecified atom stereocenters. The first-order valence-electron chi connectivity index (χ1n) is 4.31. The maximum atomic E-state index is 13.3. The summed E-state index contributed by atoms with van der Waals surface area (Å²) >= 11 is 5.76. The van der Waals surface area contributed by atoms with Gasteiger partial charge < -0.3 is 11.1 Å². The van der Waals surface area contributed by atoms with E-state index in [1.807, 2.05) is 0 Å². The molecule has 1 aromatic carbocycles. The predicted molar refractivity (Wildman–Crippen MR) is 62.4 cm³/mol. The van der Waals surface area contributed by atoms with Gasteiger partial charge in [0.05, 0.1) is 10.7 Å². The second kappa shape index (κ2) is 4.80. The summed E-state index contributed by atoms with van der Waals surface area (Å²) in [5, 5.41) is 17.2. The highest BCUT2D eigenvalue weighted by Gasteiger charge is 2.12. The third-order valence-corrected chi connectivity index (χ3v) is 2.22. The Morgan fingerprint density at radius 2 is 2.12 bits per heavy atom. The van der Waals surface area contributed by atoms with Crippen molar-refractivity contribution in [3.8, 4) is 0 Å². The van der Waals surface area contributed by atoms with Gasteiger partial charge in [-0.3, -0.25) is 15.7 Å². The van der Waals surface area contributed by atoms with Crippen molar-refractivity contribution in [2.75, 3.05) is 12.4 Å². The Morgan fingerprint density at radius 3 is 2.62 bits per heavy atom. The number of nitrogens with zero attached hydrogens (tertiary/aromatic N) is 1. The van der Waals surface area contributed by atoms with Gasteiger partial charge in [0.25, 0.3) is 0 Å². The van der Waals surface area contributed by atoms with Crippen LogP contribution in [-0.4, -0.2) is 23.9 Å². The third kappa shape index (κ3) is 2.60. The van der Waals surface area contributed by atoms with Gasteiger partial charge in [-0.05, 0) is 12.1 Å². The molecule has 0 aliphatic rings. The zero-order valence-electron chi connectivity index (χ0n) is 8.51. The largest absolute Gasteiger partial charge is 0.370 e. The van der Waals surface area contributed by atoms with Crippen LogP contribution >= 0.6 is 11.6 Å². The SMILES string of the molecule is CN(C(=N)N)C(=N)Nc1c(F)cccc1Cl. The van der Waals surface area contributed by atoms with E-state index in [4.69, 9.17) is 28.2 Å². The molecular weight excluding hydrogens is 233 g/mol. The average Bonchev–Trinajstić information content (AvgIpc) is 2.22. The molecule has 0 amide bonds. The minimum absolute atomic E-state index is 0.0118. The van der Waals surface area contributed by atoms with Crippen LogP contribution in [0.5, 0.6) is 0 Å². The van der Waals surface area contributed by atoms with E-state index in [9.17, 15) is 4.39 Å². The molecule has 86 valence electrons. The predicted octanol–water partition coefficient (Wildman–Crippen LogP) is 1.65. The number of hydrogen-bond acceptors (Lipinski definition) is 2. The lowest BCUT2D eigenvalue weighted by atomic mass is 10.3. The fourth-order valence-corrected chi connectivity index (χ4v) is 1.15. The summed E-state index contributed by atoms with van der Waals surface area (Å²) in [6, 6.07) is 4.17. The molecule has 0 saturated heterocycles. The summed E-state index contributed by atoms with van der Waals surface area (Å²) in [6.45, 7) is 0. The number of anilines is 1. The summed E-state index contributed by atoms with van der Waals surface area (Å²) in [5.74, 6) is -1.14. The molecule has 1 aromatic rings. The summed E-state index contributed by atoms with van der Waals surface area (Å²) in [6.07, 6.45) is 0. The lowest BCUT2D eigenvalue weighted by molar-refractivity contribution is 0.630. The Hall–Kier alpha value is -1.82. The van der Waals surface area contributed by atoms with Crippen molar-refractivity contribution in [2.45, 2.75) is 0 Å². The van der Waals surface area contributed by atoms with Crippen molar-refractivity contribution >= 4 is 29.2 Å². The smallest absolute Gasteiger partial charge is 0.202 e. The van der Waals surface area contributed by atoms with Crippen LogP contribution in [0.15, 0.2) is 18.2 Å². The highest BCUT2D eigenvalue weighted by atomic mass is 35.5. The van der Waals surface area contributed by atoms with Gasteiger partial charge in [0.15, 0.2) is 5.96 Å². The lowest BCUT2D eigenvalue weighted by Gasteiger charge is -2.19. The average molecular weight is 244 g/mol. The Morgan fingerprint density at radius 1 is 1.50 bits per heavy atom. The Bertz CT molecular complexity index is 414. The molecule has 0 radical (unpaired) electrons. The van der Waals surface area contributed by atoms with Gasteiger partial charge >= 0.3 is 0 Å². The van der Waals surface area contributed by atoms with Crippen LogP contribution in [0.25, 0.3) is 0 Å². The van der Waals surface area contributed by atoms with Crippen molar-refractivity contribution in [1.29, 1.82) is 10.8 Å². The molecular formula is C9H11ClFN5. The molecule has 0 aliphatic carbocycles. The van der Waals surface area contributed by atoms with Gasteiger partial charge in [-0.2, -0.15) is 0 Å². The molecule has 0 atom stereocenters. The molecule has 7 heteroatoms. The quantitative estimate of drug-likeness (QED) is 0.447. The normalized spacial score (nSPS) is 9.69. The monoisotopic (exact) mass is 243 g/mol. The minimum Gasteiger partial charge on any atom is -0.370 e. The Labute approximate surface area is 97.0 Å². The maximum absolute atomic E-state index is 13.3. The fraction of sp³-hybridized carbons (Fsp3) is 0.111. The van der Waals surface area contributed by atoms with Gasteiger partial charge in [-0.25, -0.2) is 4.39 Å². The van der Waals surface area contributed by atoms with Gasteiger partial charge in [0.2, 0.25) is 5.96 Å². The maximum Gasteiger partial charge on any atom is 0.202 e. The second-order valence-corrected chi connectivity index (χ2v) is 3.42. The third-order valence-electron chi connectivity index (χ3n) is 1.90. The highest BCUT2D eigenvalue weighted by Crippen LogP contribution is 2.24. The number of nitrogens with two attached hydrogens (primary N) is 1. The molecule has 0 fully saturated rings. The highest BCUT2D eigenvalue weighted by molar-refractivity contribution is 6.33. The van der Waals surface area contributed by atoms with Gasteiger partial charge in [-0.1, -0.05) is 17.7 Å². The van der Waals surface area contributed by atoms with Crippen molar-refractivity contribution in [1.82, 2.24) is 4.90 Å². The molecule has 5 N–H and O–H groups in total. The number of guanidine groups is 2. The molecule has 0 bridgehead atoms. The molecule has 0 heterocycles. The van der Waals surface area contributed by atoms with E-state index in [0.717, 1.165) is 4.90 Å². The summed E-state index contributed by atoms with van der Waals surface area (Å²) < 4.78 is 13.3. The zero-order chi connectivity index (χ0) is 12.3. The number of benzene rings is 1. The summed E-state index contributed by atoms with van der Waals surface area (Å²) in [5.41, 5.74) is 5.16. The topological polar surface area (TPSA) is 89.0 Å². The van der Waals surface area contributed by atoms with Crippen molar-refractivity contribution < 1.29 is 4.39 Å².